The smallest absolute Gasteiger partial charge is 0.357 e. The highest BCUT2D eigenvalue weighted by Crippen LogP contribution is 2.34. The minimum absolute atomic E-state index is 0.107. The molecular formula is C14H23NO3. The Labute approximate surface area is 109 Å². The maximum Gasteiger partial charge on any atom is 0.357 e. The van der Waals surface area contributed by atoms with Crippen molar-refractivity contribution in [2.24, 2.45) is 10.6 Å². The lowest BCUT2D eigenvalue weighted by atomic mass is 9.83. The van der Waals surface area contributed by atoms with Crippen molar-refractivity contribution in [1.29, 1.82) is 0 Å². The molecule has 0 fully saturated rings. The lowest BCUT2D eigenvalue weighted by Gasteiger charge is -2.23. The number of rotatable bonds is 3. The van der Waals surface area contributed by atoms with Gasteiger partial charge in [0.1, 0.15) is 0 Å². The normalized spacial score (nSPS) is 23.1. The molecule has 0 saturated carbocycles. The minimum atomic E-state index is -1.07. The minimum Gasteiger partial charge on any atom is -0.463 e. The summed E-state index contributed by atoms with van der Waals surface area (Å²) in [5, 5.41) is 4.09. The van der Waals surface area contributed by atoms with Crippen molar-refractivity contribution in [3.63, 3.8) is 0 Å². The molecule has 1 heterocycles. The quantitative estimate of drug-likeness (QED) is 0.573. The van der Waals surface area contributed by atoms with Gasteiger partial charge in [-0.05, 0) is 26.8 Å². The van der Waals surface area contributed by atoms with Crippen molar-refractivity contribution >= 4 is 11.7 Å². The van der Waals surface area contributed by atoms with E-state index in [4.69, 9.17) is 9.57 Å². The maximum atomic E-state index is 12.1. The predicted molar refractivity (Wildman–Crippen MR) is 71.4 cm³/mol. The van der Waals surface area contributed by atoms with Gasteiger partial charge in [-0.15, -0.1) is 0 Å². The van der Waals surface area contributed by atoms with E-state index >= 15 is 0 Å². The second kappa shape index (κ2) is 5.12. The van der Waals surface area contributed by atoms with Crippen molar-refractivity contribution in [3.8, 4) is 0 Å². The van der Waals surface area contributed by atoms with Gasteiger partial charge in [-0.3, -0.25) is 0 Å². The molecule has 102 valence electrons. The van der Waals surface area contributed by atoms with Gasteiger partial charge in [-0.1, -0.05) is 31.5 Å². The summed E-state index contributed by atoms with van der Waals surface area (Å²) >= 11 is 0. The third-order valence-electron chi connectivity index (χ3n) is 2.76. The van der Waals surface area contributed by atoms with Crippen LogP contribution in [0.15, 0.2) is 16.8 Å². The molecule has 0 saturated heterocycles. The van der Waals surface area contributed by atoms with E-state index in [-0.39, 0.29) is 11.4 Å². The molecule has 0 aromatic heterocycles. The van der Waals surface area contributed by atoms with Crippen molar-refractivity contribution in [3.05, 3.63) is 11.6 Å². The van der Waals surface area contributed by atoms with Crippen LogP contribution in [-0.2, 0) is 14.4 Å². The Morgan fingerprint density at radius 3 is 2.50 bits per heavy atom. The number of carbonyl (C=O) groups excluding carboxylic acids is 1. The van der Waals surface area contributed by atoms with Crippen LogP contribution in [0, 0.1) is 5.41 Å². The fourth-order valence-electron chi connectivity index (χ4n) is 1.82. The van der Waals surface area contributed by atoms with Gasteiger partial charge in [0, 0.05) is 11.8 Å². The Hall–Kier alpha value is -1.32. The molecule has 0 spiro atoms. The molecule has 0 aromatic rings. The Bertz CT molecular complexity index is 386. The first-order valence-corrected chi connectivity index (χ1v) is 6.30. The van der Waals surface area contributed by atoms with Gasteiger partial charge in [0.25, 0.3) is 5.60 Å². The standard InChI is InChI=1S/C14H23NO3/c1-7-17-12(16)14(8-10(2)3)9-11(15-18-14)13(4,5)6/h8H,7,9H2,1-6H3/t14-/m0/s1. The second-order valence-electron chi connectivity index (χ2n) is 5.89. The number of oxime groups is 1. The molecule has 1 aliphatic rings. The third kappa shape index (κ3) is 3.12. The molecular weight excluding hydrogens is 230 g/mol. The van der Waals surface area contributed by atoms with E-state index in [2.05, 4.69) is 25.9 Å². The van der Waals surface area contributed by atoms with Gasteiger partial charge in [0.05, 0.1) is 12.3 Å². The Morgan fingerprint density at radius 2 is 2.11 bits per heavy atom. The highest BCUT2D eigenvalue weighted by molar-refractivity contribution is 5.97. The molecule has 0 unspecified atom stereocenters. The van der Waals surface area contributed by atoms with Crippen LogP contribution >= 0.6 is 0 Å². The second-order valence-corrected chi connectivity index (χ2v) is 5.89. The molecule has 0 N–H and O–H groups in total. The Balaban J connectivity index is 3.00. The topological polar surface area (TPSA) is 47.9 Å². The van der Waals surface area contributed by atoms with Crippen LogP contribution < -0.4 is 0 Å². The molecule has 1 aliphatic heterocycles. The molecule has 4 nitrogen and oxygen atoms in total. The first kappa shape index (κ1) is 14.7. The SMILES string of the molecule is CCOC(=O)[C@]1(C=C(C)C)CC(C(C)(C)C)=NO1. The lowest BCUT2D eigenvalue weighted by Crippen LogP contribution is -2.40. The number of nitrogens with zero attached hydrogens (tertiary/aromatic N) is 1. The molecule has 1 rings (SSSR count). The average molecular weight is 253 g/mol. The third-order valence-corrected chi connectivity index (χ3v) is 2.76. The predicted octanol–water partition coefficient (Wildman–Crippen LogP) is 3.08. The molecule has 4 heteroatoms. The summed E-state index contributed by atoms with van der Waals surface area (Å²) in [7, 11) is 0. The van der Waals surface area contributed by atoms with Crippen LogP contribution in [-0.4, -0.2) is 23.9 Å². The molecule has 0 radical (unpaired) electrons. The number of hydrogen-bond acceptors (Lipinski definition) is 4. The number of ether oxygens (including phenoxy) is 1. The summed E-state index contributed by atoms with van der Waals surface area (Å²) in [5.74, 6) is -0.366. The molecule has 0 aromatic carbocycles. The first-order valence-electron chi connectivity index (χ1n) is 6.30. The summed E-state index contributed by atoms with van der Waals surface area (Å²) in [5.41, 5.74) is 0.711. The summed E-state index contributed by atoms with van der Waals surface area (Å²) in [6.07, 6.45) is 2.26. The van der Waals surface area contributed by atoms with E-state index in [1.807, 2.05) is 13.8 Å². The largest absolute Gasteiger partial charge is 0.463 e. The van der Waals surface area contributed by atoms with Gasteiger partial charge in [0.2, 0.25) is 0 Å². The fourth-order valence-corrected chi connectivity index (χ4v) is 1.82. The number of hydrogen-bond donors (Lipinski definition) is 0. The van der Waals surface area contributed by atoms with Gasteiger partial charge < -0.3 is 9.57 Å². The Morgan fingerprint density at radius 1 is 1.50 bits per heavy atom. The zero-order valence-electron chi connectivity index (χ0n) is 12.2. The van der Waals surface area contributed by atoms with E-state index in [1.165, 1.54) is 0 Å². The van der Waals surface area contributed by atoms with Crippen LogP contribution in [0.2, 0.25) is 0 Å². The van der Waals surface area contributed by atoms with Crippen LogP contribution in [0.5, 0.6) is 0 Å². The first-order chi connectivity index (χ1) is 8.21. The maximum absolute atomic E-state index is 12.1. The molecule has 1 atom stereocenters. The zero-order valence-corrected chi connectivity index (χ0v) is 12.2. The monoisotopic (exact) mass is 253 g/mol. The van der Waals surface area contributed by atoms with E-state index in [0.29, 0.717) is 13.0 Å². The van der Waals surface area contributed by atoms with Crippen molar-refractivity contribution in [1.82, 2.24) is 0 Å². The molecule has 0 amide bonds. The van der Waals surface area contributed by atoms with E-state index in [9.17, 15) is 4.79 Å². The Kier molecular flexibility index (Phi) is 4.20. The van der Waals surface area contributed by atoms with Crippen LogP contribution in [0.3, 0.4) is 0 Å². The highest BCUT2D eigenvalue weighted by atomic mass is 16.7. The number of allylic oxidation sites excluding steroid dienone is 1. The summed E-state index contributed by atoms with van der Waals surface area (Å²) in [6.45, 7) is 12.1. The van der Waals surface area contributed by atoms with E-state index < -0.39 is 5.60 Å². The van der Waals surface area contributed by atoms with Crippen molar-refractivity contribution in [2.75, 3.05) is 6.61 Å². The molecule has 18 heavy (non-hydrogen) atoms. The average Bonchev–Trinajstić information content (AvgIpc) is 2.62. The van der Waals surface area contributed by atoms with Crippen LogP contribution in [0.4, 0.5) is 0 Å². The van der Waals surface area contributed by atoms with E-state index in [1.54, 1.807) is 13.0 Å². The lowest BCUT2D eigenvalue weighted by molar-refractivity contribution is -0.163. The van der Waals surface area contributed by atoms with Crippen LogP contribution in [0.25, 0.3) is 0 Å². The number of esters is 1. The van der Waals surface area contributed by atoms with Crippen molar-refractivity contribution < 1.29 is 14.4 Å². The molecule has 0 aliphatic carbocycles. The summed E-state index contributed by atoms with van der Waals surface area (Å²) in [4.78, 5) is 17.6. The van der Waals surface area contributed by atoms with E-state index in [0.717, 1.165) is 11.3 Å². The van der Waals surface area contributed by atoms with Gasteiger partial charge >= 0.3 is 5.97 Å². The number of carbonyl (C=O) groups is 1. The van der Waals surface area contributed by atoms with Gasteiger partial charge in [-0.2, -0.15) is 0 Å². The molecule has 0 bridgehead atoms. The highest BCUT2D eigenvalue weighted by Gasteiger charge is 2.48. The summed E-state index contributed by atoms with van der Waals surface area (Å²) < 4.78 is 5.11. The van der Waals surface area contributed by atoms with Crippen LogP contribution in [0.1, 0.15) is 48.0 Å². The summed E-state index contributed by atoms with van der Waals surface area (Å²) in [6, 6.07) is 0. The zero-order chi connectivity index (χ0) is 14.0. The van der Waals surface area contributed by atoms with Gasteiger partial charge in [-0.25, -0.2) is 4.79 Å². The van der Waals surface area contributed by atoms with Crippen molar-refractivity contribution in [2.45, 2.75) is 53.6 Å². The fraction of sp³-hybridized carbons (Fsp3) is 0.714. The van der Waals surface area contributed by atoms with Gasteiger partial charge in [0.15, 0.2) is 0 Å².